The summed E-state index contributed by atoms with van der Waals surface area (Å²) in [6.07, 6.45) is 3.11. The highest BCUT2D eigenvalue weighted by Gasteiger charge is 2.17. The van der Waals surface area contributed by atoms with Crippen molar-refractivity contribution in [1.29, 1.82) is 0 Å². The van der Waals surface area contributed by atoms with Gasteiger partial charge in [-0.2, -0.15) is 0 Å². The zero-order chi connectivity index (χ0) is 13.1. The summed E-state index contributed by atoms with van der Waals surface area (Å²) >= 11 is 1.33. The summed E-state index contributed by atoms with van der Waals surface area (Å²) in [5.74, 6) is 0.102. The number of carboxylic acid groups (broad SMARTS) is 1. The molecule has 0 saturated heterocycles. The second-order valence-electron chi connectivity index (χ2n) is 3.66. The van der Waals surface area contributed by atoms with Crippen molar-refractivity contribution in [2.75, 3.05) is 0 Å². The van der Waals surface area contributed by atoms with Gasteiger partial charge in [-0.3, -0.25) is 0 Å². The van der Waals surface area contributed by atoms with E-state index in [1.807, 2.05) is 0 Å². The third kappa shape index (κ3) is 2.67. The van der Waals surface area contributed by atoms with Crippen molar-refractivity contribution >= 4 is 17.7 Å². The summed E-state index contributed by atoms with van der Waals surface area (Å²) in [6.45, 7) is 3.41. The van der Waals surface area contributed by atoms with Crippen LogP contribution in [0.3, 0.4) is 0 Å². The summed E-state index contributed by atoms with van der Waals surface area (Å²) in [6, 6.07) is 0. The first-order chi connectivity index (χ1) is 8.58. The number of carboxylic acids is 1. The first-order valence-corrected chi connectivity index (χ1v) is 6.16. The number of hydrogen-bond acceptors (Lipinski definition) is 6. The second-order valence-corrected chi connectivity index (χ2v) is 4.63. The molecule has 94 valence electrons. The van der Waals surface area contributed by atoms with Gasteiger partial charge in [0, 0.05) is 11.3 Å². The van der Waals surface area contributed by atoms with Gasteiger partial charge in [-0.25, -0.2) is 14.8 Å². The van der Waals surface area contributed by atoms with Crippen LogP contribution in [0, 0.1) is 13.8 Å². The molecule has 0 radical (unpaired) electrons. The smallest absolute Gasteiger partial charge is 0.340 e. The number of rotatable bonds is 4. The van der Waals surface area contributed by atoms with Crippen molar-refractivity contribution in [2.24, 2.45) is 0 Å². The fourth-order valence-corrected chi connectivity index (χ4v) is 2.50. The van der Waals surface area contributed by atoms with Crippen LogP contribution < -0.4 is 0 Å². The van der Waals surface area contributed by atoms with Gasteiger partial charge in [0.15, 0.2) is 0 Å². The van der Waals surface area contributed by atoms with Crippen molar-refractivity contribution in [1.82, 2.24) is 15.1 Å². The molecule has 0 fully saturated rings. The molecule has 0 spiro atoms. The molecule has 1 N–H and O–H groups in total. The summed E-state index contributed by atoms with van der Waals surface area (Å²) in [5, 5.41) is 13.2. The summed E-state index contributed by atoms with van der Waals surface area (Å²) in [7, 11) is 0. The van der Waals surface area contributed by atoms with Gasteiger partial charge in [0.2, 0.25) is 0 Å². The van der Waals surface area contributed by atoms with Crippen LogP contribution in [-0.4, -0.2) is 26.2 Å². The molecule has 0 aliphatic carbocycles. The van der Waals surface area contributed by atoms with Gasteiger partial charge in [0.25, 0.3) is 0 Å². The lowest BCUT2D eigenvalue weighted by atomic mass is 10.2. The number of hydrogen-bond donors (Lipinski definition) is 1. The first-order valence-electron chi connectivity index (χ1n) is 5.17. The van der Waals surface area contributed by atoms with E-state index in [1.54, 1.807) is 20.0 Å². The predicted octanol–water partition coefficient (Wildman–Crippen LogP) is 2.07. The highest BCUT2D eigenvalue weighted by Crippen LogP contribution is 2.26. The molecule has 2 heterocycles. The lowest BCUT2D eigenvalue weighted by molar-refractivity contribution is 0.0690. The molecule has 2 aromatic heterocycles. The first kappa shape index (κ1) is 12.6. The van der Waals surface area contributed by atoms with E-state index < -0.39 is 5.97 Å². The van der Waals surface area contributed by atoms with Gasteiger partial charge in [-0.15, -0.1) is 11.8 Å². The van der Waals surface area contributed by atoms with Crippen molar-refractivity contribution < 1.29 is 14.4 Å². The normalized spacial score (nSPS) is 10.6. The number of aromatic nitrogens is 3. The van der Waals surface area contributed by atoms with E-state index in [9.17, 15) is 9.90 Å². The van der Waals surface area contributed by atoms with Gasteiger partial charge in [0.1, 0.15) is 22.7 Å². The molecule has 2 aromatic rings. The van der Waals surface area contributed by atoms with Crippen LogP contribution in [0.2, 0.25) is 0 Å². The quantitative estimate of drug-likeness (QED) is 0.668. The number of carbonyl (C=O) groups is 1. The highest BCUT2D eigenvalue weighted by atomic mass is 32.2. The Kier molecular flexibility index (Phi) is 3.61. The standard InChI is InChI=1S/C11H11N3O3S/c1-6-9(11(15)16)10(14-7(2)13-6)18-5-8-3-12-17-4-8/h3-4H,5H2,1-2H3,(H,15,16). The fourth-order valence-electron chi connectivity index (χ4n) is 1.48. The second kappa shape index (κ2) is 5.18. The molecule has 18 heavy (non-hydrogen) atoms. The lowest BCUT2D eigenvalue weighted by Crippen LogP contribution is -2.08. The van der Waals surface area contributed by atoms with E-state index in [-0.39, 0.29) is 5.56 Å². The van der Waals surface area contributed by atoms with Crippen LogP contribution in [0.25, 0.3) is 0 Å². The SMILES string of the molecule is Cc1nc(C)c(C(=O)O)c(SCc2cnoc2)n1. The number of thioether (sulfide) groups is 1. The molecule has 0 aliphatic rings. The van der Waals surface area contributed by atoms with Crippen molar-refractivity contribution in [3.05, 3.63) is 35.1 Å². The molecule has 6 nitrogen and oxygen atoms in total. The maximum absolute atomic E-state index is 11.2. The third-order valence-electron chi connectivity index (χ3n) is 2.24. The Morgan fingerprint density at radius 2 is 2.22 bits per heavy atom. The topological polar surface area (TPSA) is 89.1 Å². The van der Waals surface area contributed by atoms with Crippen LogP contribution >= 0.6 is 11.8 Å². The van der Waals surface area contributed by atoms with E-state index in [0.29, 0.717) is 22.3 Å². The minimum atomic E-state index is -1.01. The highest BCUT2D eigenvalue weighted by molar-refractivity contribution is 7.98. The predicted molar refractivity (Wildman–Crippen MR) is 64.5 cm³/mol. The van der Waals surface area contributed by atoms with Gasteiger partial charge >= 0.3 is 5.97 Å². The summed E-state index contributed by atoms with van der Waals surface area (Å²) in [5.41, 5.74) is 1.51. The monoisotopic (exact) mass is 265 g/mol. The van der Waals surface area contributed by atoms with Crippen LogP contribution in [0.4, 0.5) is 0 Å². The Balaban J connectivity index is 2.28. The minimum absolute atomic E-state index is 0.155. The van der Waals surface area contributed by atoms with Gasteiger partial charge in [-0.05, 0) is 13.8 Å². The fraction of sp³-hybridized carbons (Fsp3) is 0.273. The maximum Gasteiger partial charge on any atom is 0.340 e. The molecule has 0 amide bonds. The summed E-state index contributed by atoms with van der Waals surface area (Å²) in [4.78, 5) is 19.4. The number of aryl methyl sites for hydroxylation is 2. The molecule has 0 atom stereocenters. The Morgan fingerprint density at radius 1 is 1.44 bits per heavy atom. The molecule has 0 unspecified atom stereocenters. The Labute approximate surface area is 107 Å². The van der Waals surface area contributed by atoms with E-state index in [2.05, 4.69) is 15.1 Å². The molecule has 0 saturated carbocycles. The van der Waals surface area contributed by atoms with Crippen molar-refractivity contribution in [2.45, 2.75) is 24.6 Å². The molecular formula is C11H11N3O3S. The molecule has 0 aliphatic heterocycles. The van der Waals surface area contributed by atoms with E-state index in [4.69, 9.17) is 4.52 Å². The zero-order valence-corrected chi connectivity index (χ0v) is 10.7. The van der Waals surface area contributed by atoms with Crippen molar-refractivity contribution in [3.63, 3.8) is 0 Å². The number of nitrogens with zero attached hydrogens (tertiary/aromatic N) is 3. The van der Waals surface area contributed by atoms with E-state index in [0.717, 1.165) is 5.56 Å². The van der Waals surface area contributed by atoms with Gasteiger partial charge in [0.05, 0.1) is 11.9 Å². The Bertz CT molecular complexity index is 569. The van der Waals surface area contributed by atoms with Crippen LogP contribution in [-0.2, 0) is 5.75 Å². The summed E-state index contributed by atoms with van der Waals surface area (Å²) < 4.78 is 4.72. The van der Waals surface area contributed by atoms with Gasteiger partial charge in [-0.1, -0.05) is 5.16 Å². The maximum atomic E-state index is 11.2. The Hall–Kier alpha value is -1.89. The molecular weight excluding hydrogens is 254 g/mol. The molecule has 0 aromatic carbocycles. The average Bonchev–Trinajstić information content (AvgIpc) is 2.77. The van der Waals surface area contributed by atoms with Crippen molar-refractivity contribution in [3.8, 4) is 0 Å². The number of aromatic carboxylic acids is 1. The molecule has 2 rings (SSSR count). The van der Waals surface area contributed by atoms with Crippen LogP contribution in [0.15, 0.2) is 22.0 Å². The Morgan fingerprint density at radius 3 is 2.83 bits per heavy atom. The average molecular weight is 265 g/mol. The third-order valence-corrected chi connectivity index (χ3v) is 3.29. The van der Waals surface area contributed by atoms with Crippen LogP contribution in [0.1, 0.15) is 27.4 Å². The van der Waals surface area contributed by atoms with E-state index >= 15 is 0 Å². The van der Waals surface area contributed by atoms with E-state index in [1.165, 1.54) is 18.0 Å². The zero-order valence-electron chi connectivity index (χ0n) is 9.88. The largest absolute Gasteiger partial charge is 0.478 e. The van der Waals surface area contributed by atoms with Crippen LogP contribution in [0.5, 0.6) is 0 Å². The molecule has 7 heteroatoms. The minimum Gasteiger partial charge on any atom is -0.478 e. The van der Waals surface area contributed by atoms with Gasteiger partial charge < -0.3 is 9.63 Å². The molecule has 0 bridgehead atoms. The lowest BCUT2D eigenvalue weighted by Gasteiger charge is -2.07.